The van der Waals surface area contributed by atoms with E-state index in [2.05, 4.69) is 15.3 Å². The summed E-state index contributed by atoms with van der Waals surface area (Å²) in [6, 6.07) is 1.68. The summed E-state index contributed by atoms with van der Waals surface area (Å²) >= 11 is 0. The zero-order chi connectivity index (χ0) is 13.1. The number of nitrogens with zero attached hydrogens (tertiary/aromatic N) is 3. The number of hydrogen-bond donors (Lipinski definition) is 1. The van der Waals surface area contributed by atoms with Gasteiger partial charge in [0, 0.05) is 32.2 Å². The third-order valence-electron chi connectivity index (χ3n) is 3.71. The van der Waals surface area contributed by atoms with E-state index in [1.807, 2.05) is 0 Å². The summed E-state index contributed by atoms with van der Waals surface area (Å²) < 4.78 is 6.91. The second-order valence-corrected chi connectivity index (χ2v) is 5.05. The molecular weight excluding hydrogens is 244 g/mol. The van der Waals surface area contributed by atoms with Gasteiger partial charge in [0.05, 0.1) is 31.1 Å². The molecule has 1 aromatic heterocycles. The number of morpholine rings is 1. The van der Waals surface area contributed by atoms with Crippen LogP contribution in [0.15, 0.2) is 10.9 Å². The summed E-state index contributed by atoms with van der Waals surface area (Å²) in [6.07, 6.45) is 2.04. The Morgan fingerprint density at radius 3 is 3.00 bits per heavy atom. The highest BCUT2D eigenvalue weighted by molar-refractivity contribution is 5.48. The number of hydrogen-bond acceptors (Lipinski definition) is 5. The molecule has 6 nitrogen and oxygen atoms in total. The molecule has 0 bridgehead atoms. The van der Waals surface area contributed by atoms with Crippen LogP contribution in [0.2, 0.25) is 0 Å². The summed E-state index contributed by atoms with van der Waals surface area (Å²) in [7, 11) is 0. The minimum absolute atomic E-state index is 0.0126. The maximum Gasteiger partial charge on any atom is 0.268 e. The van der Waals surface area contributed by atoms with Crippen LogP contribution < -0.4 is 10.9 Å². The van der Waals surface area contributed by atoms with Crippen molar-refractivity contribution in [3.8, 4) is 0 Å². The van der Waals surface area contributed by atoms with E-state index in [1.165, 1.54) is 0 Å². The van der Waals surface area contributed by atoms with Gasteiger partial charge in [-0.25, -0.2) is 4.68 Å². The van der Waals surface area contributed by atoms with E-state index >= 15 is 0 Å². The minimum atomic E-state index is -0.0126. The molecule has 2 aliphatic heterocycles. The van der Waals surface area contributed by atoms with Crippen molar-refractivity contribution in [1.29, 1.82) is 0 Å². The van der Waals surface area contributed by atoms with Crippen molar-refractivity contribution in [2.75, 3.05) is 44.7 Å². The smallest absolute Gasteiger partial charge is 0.268 e. The molecule has 0 amide bonds. The average Bonchev–Trinajstić information content (AvgIpc) is 2.46. The lowest BCUT2D eigenvalue weighted by atomic mass is 10.1. The molecule has 1 fully saturated rings. The molecule has 104 valence electrons. The lowest BCUT2D eigenvalue weighted by Crippen LogP contribution is -2.40. The number of anilines is 1. The molecular formula is C13H20N4O2. The molecule has 2 aliphatic rings. The van der Waals surface area contributed by atoms with Crippen molar-refractivity contribution in [1.82, 2.24) is 14.7 Å². The van der Waals surface area contributed by atoms with Crippen molar-refractivity contribution in [2.24, 2.45) is 0 Å². The highest BCUT2D eigenvalue weighted by atomic mass is 16.5. The highest BCUT2D eigenvalue weighted by Gasteiger charge is 2.14. The van der Waals surface area contributed by atoms with Gasteiger partial charge >= 0.3 is 0 Å². The molecule has 0 aliphatic carbocycles. The number of aromatic nitrogens is 2. The largest absolute Gasteiger partial charge is 0.383 e. The van der Waals surface area contributed by atoms with Crippen molar-refractivity contribution in [3.63, 3.8) is 0 Å². The zero-order valence-electron chi connectivity index (χ0n) is 11.1. The lowest BCUT2D eigenvalue weighted by Gasteiger charge is -2.26. The van der Waals surface area contributed by atoms with Gasteiger partial charge in [0.25, 0.3) is 5.56 Å². The molecule has 1 N–H and O–H groups in total. The normalized spacial score (nSPS) is 19.8. The maximum absolute atomic E-state index is 12.0. The van der Waals surface area contributed by atoms with Gasteiger partial charge < -0.3 is 10.1 Å². The first-order valence-corrected chi connectivity index (χ1v) is 6.98. The first-order chi connectivity index (χ1) is 9.33. The Morgan fingerprint density at radius 1 is 1.32 bits per heavy atom. The van der Waals surface area contributed by atoms with E-state index < -0.39 is 0 Å². The monoisotopic (exact) mass is 264 g/mol. The molecule has 3 rings (SSSR count). The lowest BCUT2D eigenvalue weighted by molar-refractivity contribution is 0.0357. The van der Waals surface area contributed by atoms with Crippen LogP contribution in [0.3, 0.4) is 0 Å². The Balaban J connectivity index is 1.68. The van der Waals surface area contributed by atoms with Crippen LogP contribution in [0.4, 0.5) is 5.69 Å². The second-order valence-electron chi connectivity index (χ2n) is 5.05. The van der Waals surface area contributed by atoms with Gasteiger partial charge in [0.15, 0.2) is 0 Å². The van der Waals surface area contributed by atoms with E-state index in [0.717, 1.165) is 63.6 Å². The molecule has 6 heteroatoms. The van der Waals surface area contributed by atoms with Crippen LogP contribution in [-0.4, -0.2) is 54.1 Å². The summed E-state index contributed by atoms with van der Waals surface area (Å²) in [4.78, 5) is 14.3. The van der Waals surface area contributed by atoms with Crippen LogP contribution in [0, 0.1) is 0 Å². The molecule has 19 heavy (non-hydrogen) atoms. The fourth-order valence-corrected chi connectivity index (χ4v) is 2.57. The predicted molar refractivity (Wildman–Crippen MR) is 72.6 cm³/mol. The quantitative estimate of drug-likeness (QED) is 0.828. The Bertz CT molecular complexity index is 494. The third kappa shape index (κ3) is 2.96. The Morgan fingerprint density at radius 2 is 2.16 bits per heavy atom. The van der Waals surface area contributed by atoms with Crippen LogP contribution in [0.5, 0.6) is 0 Å². The Hall–Kier alpha value is -1.40. The summed E-state index contributed by atoms with van der Waals surface area (Å²) in [6.45, 7) is 5.93. The number of rotatable bonds is 3. The standard InChI is InChI=1S/C13H20N4O2/c18-13-10-12-11(2-1-3-14-12)15-17(13)5-4-16-6-8-19-9-7-16/h10,14H,1-9H2. The van der Waals surface area contributed by atoms with E-state index in [9.17, 15) is 4.79 Å². The minimum Gasteiger partial charge on any atom is -0.383 e. The van der Waals surface area contributed by atoms with Crippen molar-refractivity contribution in [2.45, 2.75) is 19.4 Å². The van der Waals surface area contributed by atoms with E-state index in [0.29, 0.717) is 6.54 Å². The molecule has 0 spiro atoms. The SMILES string of the molecule is O=c1cc2c(nn1CCN1CCOCC1)CCCN2. The highest BCUT2D eigenvalue weighted by Crippen LogP contribution is 2.16. The zero-order valence-corrected chi connectivity index (χ0v) is 11.1. The predicted octanol–water partition coefficient (Wildman–Crippen LogP) is -0.0664. The van der Waals surface area contributed by atoms with Crippen LogP contribution in [0.25, 0.3) is 0 Å². The Labute approximate surface area is 112 Å². The molecule has 0 unspecified atom stereocenters. The Kier molecular flexibility index (Phi) is 3.79. The molecule has 0 aromatic carbocycles. The average molecular weight is 264 g/mol. The van der Waals surface area contributed by atoms with Gasteiger partial charge in [-0.2, -0.15) is 5.10 Å². The van der Waals surface area contributed by atoms with Gasteiger partial charge in [-0.15, -0.1) is 0 Å². The molecule has 0 radical (unpaired) electrons. The summed E-state index contributed by atoms with van der Waals surface area (Å²) in [5.41, 5.74) is 1.92. The van der Waals surface area contributed by atoms with Gasteiger partial charge in [0.2, 0.25) is 0 Å². The number of fused-ring (bicyclic) bond motifs is 1. The molecule has 1 saturated heterocycles. The topological polar surface area (TPSA) is 59.4 Å². The van der Waals surface area contributed by atoms with Crippen LogP contribution in [0.1, 0.15) is 12.1 Å². The van der Waals surface area contributed by atoms with Crippen molar-refractivity contribution < 1.29 is 4.74 Å². The number of ether oxygens (including phenoxy) is 1. The first-order valence-electron chi connectivity index (χ1n) is 6.98. The van der Waals surface area contributed by atoms with Crippen molar-refractivity contribution >= 4 is 5.69 Å². The van der Waals surface area contributed by atoms with Crippen LogP contribution in [-0.2, 0) is 17.7 Å². The third-order valence-corrected chi connectivity index (χ3v) is 3.71. The number of nitrogens with one attached hydrogen (secondary N) is 1. The molecule has 1 aromatic rings. The number of aryl methyl sites for hydroxylation is 1. The first kappa shape index (κ1) is 12.6. The summed E-state index contributed by atoms with van der Waals surface area (Å²) in [5.74, 6) is 0. The fraction of sp³-hybridized carbons (Fsp3) is 0.692. The van der Waals surface area contributed by atoms with Gasteiger partial charge in [-0.1, -0.05) is 0 Å². The second kappa shape index (κ2) is 5.71. The fourth-order valence-electron chi connectivity index (χ4n) is 2.57. The van der Waals surface area contributed by atoms with Crippen LogP contribution >= 0.6 is 0 Å². The molecule has 0 saturated carbocycles. The van der Waals surface area contributed by atoms with Gasteiger partial charge in [0.1, 0.15) is 0 Å². The van der Waals surface area contributed by atoms with E-state index in [1.54, 1.807) is 10.7 Å². The molecule has 3 heterocycles. The summed E-state index contributed by atoms with van der Waals surface area (Å²) in [5, 5.41) is 7.71. The van der Waals surface area contributed by atoms with E-state index in [-0.39, 0.29) is 5.56 Å². The maximum atomic E-state index is 12.0. The van der Waals surface area contributed by atoms with Gasteiger partial charge in [-0.05, 0) is 12.8 Å². The van der Waals surface area contributed by atoms with Crippen molar-refractivity contribution in [3.05, 3.63) is 22.1 Å². The molecule has 0 atom stereocenters. The van der Waals surface area contributed by atoms with Gasteiger partial charge in [-0.3, -0.25) is 9.69 Å². The van der Waals surface area contributed by atoms with E-state index in [4.69, 9.17) is 4.74 Å².